The second-order valence-corrected chi connectivity index (χ2v) is 10.3. The topological polar surface area (TPSA) is 83.7 Å². The second-order valence-electron chi connectivity index (χ2n) is 9.10. The first-order valence-corrected chi connectivity index (χ1v) is 12.4. The standard InChI is InChI=1S/C27H23N3O4S/c1-5-12-29-19-9-7-6-8-18(19)27(25(29)33)21-22(31)17-13-14(2)10-11-20(17)34-23(21)24(32)30(27)26-28-15(3)16(4)35-26/h6-11,13H,5,12H2,1-4H3. The number of hydrogen-bond acceptors (Lipinski definition) is 6. The summed E-state index contributed by atoms with van der Waals surface area (Å²) in [5, 5.41) is 0.723. The van der Waals surface area contributed by atoms with Gasteiger partial charge in [-0.1, -0.05) is 36.8 Å². The summed E-state index contributed by atoms with van der Waals surface area (Å²) in [6, 6.07) is 12.6. The largest absolute Gasteiger partial charge is 0.450 e. The minimum Gasteiger partial charge on any atom is -0.450 e. The predicted molar refractivity (Wildman–Crippen MR) is 135 cm³/mol. The molecule has 35 heavy (non-hydrogen) atoms. The van der Waals surface area contributed by atoms with Crippen LogP contribution in [0, 0.1) is 20.8 Å². The average molecular weight is 486 g/mol. The average Bonchev–Trinajstić information content (AvgIpc) is 3.39. The van der Waals surface area contributed by atoms with Gasteiger partial charge in [-0.05, 0) is 45.4 Å². The first kappa shape index (κ1) is 21.7. The van der Waals surface area contributed by atoms with Gasteiger partial charge in [0, 0.05) is 17.0 Å². The molecule has 0 saturated carbocycles. The Kier molecular flexibility index (Phi) is 4.57. The van der Waals surface area contributed by atoms with Gasteiger partial charge in [-0.15, -0.1) is 11.3 Å². The fourth-order valence-electron chi connectivity index (χ4n) is 5.27. The normalized spacial score (nSPS) is 18.7. The highest BCUT2D eigenvalue weighted by atomic mass is 32.1. The van der Waals surface area contributed by atoms with Crippen molar-refractivity contribution < 1.29 is 14.0 Å². The number of rotatable bonds is 3. The van der Waals surface area contributed by atoms with Crippen LogP contribution in [0.3, 0.4) is 0 Å². The first-order chi connectivity index (χ1) is 16.8. The Balaban J connectivity index is 1.78. The van der Waals surface area contributed by atoms with Crippen molar-refractivity contribution in [2.75, 3.05) is 16.3 Å². The van der Waals surface area contributed by atoms with E-state index in [1.807, 2.05) is 58.0 Å². The van der Waals surface area contributed by atoms with Gasteiger partial charge in [0.1, 0.15) is 5.58 Å². The zero-order chi connectivity index (χ0) is 24.6. The van der Waals surface area contributed by atoms with Gasteiger partial charge in [0.05, 0.1) is 22.3 Å². The lowest BCUT2D eigenvalue weighted by atomic mass is 9.84. The van der Waals surface area contributed by atoms with Crippen molar-refractivity contribution in [2.45, 2.75) is 39.7 Å². The summed E-state index contributed by atoms with van der Waals surface area (Å²) in [6.45, 7) is 8.13. The van der Waals surface area contributed by atoms with Crippen LogP contribution in [0.1, 0.15) is 51.2 Å². The van der Waals surface area contributed by atoms with Gasteiger partial charge in [-0.2, -0.15) is 0 Å². The van der Waals surface area contributed by atoms with Gasteiger partial charge in [0.15, 0.2) is 16.1 Å². The van der Waals surface area contributed by atoms with Crippen LogP contribution in [0.2, 0.25) is 0 Å². The molecule has 1 unspecified atom stereocenters. The number of aromatic nitrogens is 1. The summed E-state index contributed by atoms with van der Waals surface area (Å²) in [5.74, 6) is -0.967. The molecule has 2 aliphatic heterocycles. The molecule has 1 atom stereocenters. The van der Waals surface area contributed by atoms with Crippen LogP contribution in [0.5, 0.6) is 0 Å². The van der Waals surface area contributed by atoms with Gasteiger partial charge in [0.25, 0.3) is 11.8 Å². The molecule has 2 aliphatic rings. The van der Waals surface area contributed by atoms with E-state index in [1.165, 1.54) is 16.2 Å². The lowest BCUT2D eigenvalue weighted by Gasteiger charge is -2.32. The third-order valence-corrected chi connectivity index (χ3v) is 7.99. The van der Waals surface area contributed by atoms with Crippen molar-refractivity contribution >= 4 is 44.9 Å². The Morgan fingerprint density at radius 3 is 2.54 bits per heavy atom. The van der Waals surface area contributed by atoms with E-state index in [0.717, 1.165) is 22.6 Å². The van der Waals surface area contributed by atoms with Crippen LogP contribution in [0.25, 0.3) is 11.0 Å². The third-order valence-electron chi connectivity index (χ3n) is 6.94. The molecule has 0 N–H and O–H groups in total. The molecule has 176 valence electrons. The maximum Gasteiger partial charge on any atom is 0.297 e. The van der Waals surface area contributed by atoms with Gasteiger partial charge in [-0.3, -0.25) is 19.3 Å². The summed E-state index contributed by atoms with van der Waals surface area (Å²) in [4.78, 5) is 51.3. The molecular formula is C27H23N3O4S. The van der Waals surface area contributed by atoms with Crippen molar-refractivity contribution in [2.24, 2.45) is 0 Å². The molecule has 7 nitrogen and oxygen atoms in total. The molecule has 6 rings (SSSR count). The van der Waals surface area contributed by atoms with Crippen molar-refractivity contribution in [3.63, 3.8) is 0 Å². The molecule has 2 aromatic heterocycles. The number of para-hydroxylation sites is 1. The molecule has 0 aliphatic carbocycles. The van der Waals surface area contributed by atoms with E-state index < -0.39 is 11.4 Å². The van der Waals surface area contributed by atoms with Crippen molar-refractivity contribution in [1.82, 2.24) is 4.98 Å². The van der Waals surface area contributed by atoms with E-state index in [4.69, 9.17) is 4.42 Å². The molecule has 4 aromatic rings. The summed E-state index contributed by atoms with van der Waals surface area (Å²) >= 11 is 1.33. The van der Waals surface area contributed by atoms with Gasteiger partial charge >= 0.3 is 0 Å². The van der Waals surface area contributed by atoms with Gasteiger partial charge in [0.2, 0.25) is 5.76 Å². The van der Waals surface area contributed by atoms with E-state index in [2.05, 4.69) is 4.98 Å². The van der Waals surface area contributed by atoms with Crippen LogP contribution < -0.4 is 15.2 Å². The third kappa shape index (κ3) is 2.65. The molecule has 4 heterocycles. The minimum absolute atomic E-state index is 0.0714. The lowest BCUT2D eigenvalue weighted by Crippen LogP contribution is -2.53. The molecular weight excluding hydrogens is 462 g/mol. The maximum absolute atomic E-state index is 14.4. The van der Waals surface area contributed by atoms with Crippen LogP contribution in [-0.2, 0) is 10.3 Å². The van der Waals surface area contributed by atoms with Crippen molar-refractivity contribution in [1.29, 1.82) is 0 Å². The van der Waals surface area contributed by atoms with Gasteiger partial charge < -0.3 is 9.32 Å². The van der Waals surface area contributed by atoms with Crippen LogP contribution in [0.4, 0.5) is 10.8 Å². The Hall–Kier alpha value is -3.78. The Morgan fingerprint density at radius 2 is 1.83 bits per heavy atom. The molecule has 0 radical (unpaired) electrons. The van der Waals surface area contributed by atoms with E-state index in [1.54, 1.807) is 17.0 Å². The fraction of sp³-hybridized carbons (Fsp3) is 0.259. The molecule has 2 amide bonds. The number of thiazole rings is 1. The molecule has 0 fully saturated rings. The molecule has 1 spiro atoms. The minimum atomic E-state index is -1.67. The molecule has 0 bridgehead atoms. The number of anilines is 2. The fourth-order valence-corrected chi connectivity index (χ4v) is 6.23. The predicted octanol–water partition coefficient (Wildman–Crippen LogP) is 4.84. The number of carbonyl (C=O) groups is 2. The van der Waals surface area contributed by atoms with E-state index in [-0.39, 0.29) is 22.7 Å². The number of amides is 2. The Bertz CT molecular complexity index is 1620. The summed E-state index contributed by atoms with van der Waals surface area (Å²) in [5.41, 5.74) is 1.29. The maximum atomic E-state index is 14.4. The molecule has 2 aromatic carbocycles. The monoisotopic (exact) mass is 485 g/mol. The summed E-state index contributed by atoms with van der Waals surface area (Å²) < 4.78 is 6.10. The summed E-state index contributed by atoms with van der Waals surface area (Å²) in [7, 11) is 0. The van der Waals surface area contributed by atoms with Gasteiger partial charge in [-0.25, -0.2) is 4.98 Å². The van der Waals surface area contributed by atoms with Crippen molar-refractivity contribution in [3.05, 3.63) is 85.7 Å². The molecule has 8 heteroatoms. The number of benzene rings is 2. The highest BCUT2D eigenvalue weighted by Gasteiger charge is 2.66. The van der Waals surface area contributed by atoms with E-state index in [0.29, 0.717) is 33.9 Å². The SMILES string of the molecule is CCCN1C(=O)C2(c3ccccc31)c1c(oc3ccc(C)cc3c1=O)C(=O)N2c1nc(C)c(C)s1. The quantitative estimate of drug-likeness (QED) is 0.415. The summed E-state index contributed by atoms with van der Waals surface area (Å²) in [6.07, 6.45) is 0.720. The first-order valence-electron chi connectivity index (χ1n) is 11.6. The Labute approximate surface area is 205 Å². The van der Waals surface area contributed by atoms with Crippen molar-refractivity contribution in [3.8, 4) is 0 Å². The van der Waals surface area contributed by atoms with E-state index >= 15 is 0 Å². The highest BCUT2D eigenvalue weighted by Crippen LogP contribution is 2.54. The van der Waals surface area contributed by atoms with Crippen LogP contribution >= 0.6 is 11.3 Å². The van der Waals surface area contributed by atoms with Crippen LogP contribution in [0.15, 0.2) is 51.7 Å². The highest BCUT2D eigenvalue weighted by molar-refractivity contribution is 7.16. The smallest absolute Gasteiger partial charge is 0.297 e. The number of fused-ring (bicyclic) bond motifs is 5. The number of aryl methyl sites for hydroxylation is 3. The zero-order valence-electron chi connectivity index (χ0n) is 19.8. The number of hydrogen-bond donors (Lipinski definition) is 0. The zero-order valence-corrected chi connectivity index (χ0v) is 20.7. The van der Waals surface area contributed by atoms with Crippen LogP contribution in [-0.4, -0.2) is 23.3 Å². The lowest BCUT2D eigenvalue weighted by molar-refractivity contribution is -0.121. The van der Waals surface area contributed by atoms with E-state index in [9.17, 15) is 14.4 Å². The number of nitrogens with zero attached hydrogens (tertiary/aromatic N) is 3. The number of carbonyl (C=O) groups excluding carboxylic acids is 2. The second kappa shape index (κ2) is 7.36. The Morgan fingerprint density at radius 1 is 1.06 bits per heavy atom. The molecule has 0 saturated heterocycles.